The van der Waals surface area contributed by atoms with Gasteiger partial charge in [-0.3, -0.25) is 19.2 Å². The summed E-state index contributed by atoms with van der Waals surface area (Å²) in [6.07, 6.45) is 2.73. The highest BCUT2D eigenvalue weighted by molar-refractivity contribution is 5.97. The molecule has 3 aliphatic rings. The maximum absolute atomic E-state index is 13.3. The summed E-state index contributed by atoms with van der Waals surface area (Å²) >= 11 is 0. The number of nitrogens with zero attached hydrogens (tertiary/aromatic N) is 3. The number of amides is 4. The first-order chi connectivity index (χ1) is 16.5. The van der Waals surface area contributed by atoms with Crippen LogP contribution in [0.2, 0.25) is 0 Å². The number of rotatable bonds is 4. The lowest BCUT2D eigenvalue weighted by atomic mass is 9.95. The van der Waals surface area contributed by atoms with E-state index in [1.54, 1.807) is 34.1 Å². The van der Waals surface area contributed by atoms with Crippen LogP contribution < -0.4 is 16.0 Å². The molecule has 4 rings (SSSR count). The molecular weight excluding hydrogens is 436 g/mol. The van der Waals surface area contributed by atoms with Gasteiger partial charge in [0.25, 0.3) is 5.91 Å². The molecule has 3 aliphatic heterocycles. The topological polar surface area (TPSA) is 135 Å². The lowest BCUT2D eigenvalue weighted by Crippen LogP contribution is -2.64. The van der Waals surface area contributed by atoms with Crippen molar-refractivity contribution < 1.29 is 19.2 Å². The number of nitriles is 1. The fourth-order valence-corrected chi connectivity index (χ4v) is 4.81. The van der Waals surface area contributed by atoms with Gasteiger partial charge < -0.3 is 25.8 Å². The Bertz CT molecular complexity index is 982. The van der Waals surface area contributed by atoms with Crippen molar-refractivity contribution in [3.05, 3.63) is 35.4 Å². The Labute approximate surface area is 198 Å². The monoisotopic (exact) mass is 466 g/mol. The third-order valence-electron chi connectivity index (χ3n) is 6.80. The molecular formula is C24H30N6O4. The molecule has 0 aromatic heterocycles. The Hall–Kier alpha value is -3.45. The van der Waals surface area contributed by atoms with Crippen molar-refractivity contribution in [2.24, 2.45) is 5.92 Å². The van der Waals surface area contributed by atoms with Crippen LogP contribution in [0.15, 0.2) is 24.3 Å². The molecule has 1 aromatic carbocycles. The van der Waals surface area contributed by atoms with E-state index < -0.39 is 18.0 Å². The van der Waals surface area contributed by atoms with E-state index in [4.69, 9.17) is 5.26 Å². The summed E-state index contributed by atoms with van der Waals surface area (Å²) in [4.78, 5) is 55.1. The minimum absolute atomic E-state index is 0.0513. The van der Waals surface area contributed by atoms with Crippen LogP contribution in [-0.2, 0) is 14.4 Å². The lowest BCUT2D eigenvalue weighted by molar-refractivity contribution is -0.147. The molecule has 10 nitrogen and oxygen atoms in total. The molecule has 4 amide bonds. The van der Waals surface area contributed by atoms with Crippen molar-refractivity contribution in [2.75, 3.05) is 39.3 Å². The Kier molecular flexibility index (Phi) is 7.43. The molecule has 3 N–H and O–H groups in total. The second kappa shape index (κ2) is 10.7. The molecule has 0 bridgehead atoms. The summed E-state index contributed by atoms with van der Waals surface area (Å²) in [5.74, 6) is -1.12. The second-order valence-electron chi connectivity index (χ2n) is 9.01. The number of hydrogen-bond acceptors (Lipinski definition) is 6. The van der Waals surface area contributed by atoms with Crippen molar-refractivity contribution in [3.8, 4) is 6.07 Å². The molecule has 2 atom stereocenters. The third-order valence-corrected chi connectivity index (χ3v) is 6.80. The summed E-state index contributed by atoms with van der Waals surface area (Å²) in [6, 6.07) is 6.87. The Balaban J connectivity index is 1.52. The fraction of sp³-hybridized carbons (Fsp3) is 0.542. The van der Waals surface area contributed by atoms with Crippen LogP contribution >= 0.6 is 0 Å². The average molecular weight is 467 g/mol. The maximum atomic E-state index is 13.3. The van der Waals surface area contributed by atoms with Gasteiger partial charge in [0, 0.05) is 31.1 Å². The van der Waals surface area contributed by atoms with Crippen LogP contribution in [0.5, 0.6) is 0 Å². The molecule has 0 unspecified atom stereocenters. The van der Waals surface area contributed by atoms with E-state index in [2.05, 4.69) is 16.0 Å². The normalized spacial score (nSPS) is 23.6. The van der Waals surface area contributed by atoms with Crippen molar-refractivity contribution in [1.29, 1.82) is 5.26 Å². The molecule has 3 heterocycles. The van der Waals surface area contributed by atoms with Crippen molar-refractivity contribution in [1.82, 2.24) is 25.8 Å². The zero-order chi connectivity index (χ0) is 24.1. The molecule has 3 saturated heterocycles. The van der Waals surface area contributed by atoms with Gasteiger partial charge >= 0.3 is 0 Å². The zero-order valence-corrected chi connectivity index (χ0v) is 19.1. The quantitative estimate of drug-likeness (QED) is 0.553. The number of carbonyl (C=O) groups excluding carboxylic acids is 4. The smallest absolute Gasteiger partial charge is 0.253 e. The summed E-state index contributed by atoms with van der Waals surface area (Å²) < 4.78 is 0. The predicted molar refractivity (Wildman–Crippen MR) is 122 cm³/mol. The largest absolute Gasteiger partial charge is 0.354 e. The number of piperidine rings is 2. The Morgan fingerprint density at radius 2 is 1.76 bits per heavy atom. The highest BCUT2D eigenvalue weighted by Gasteiger charge is 2.40. The molecule has 0 aliphatic carbocycles. The van der Waals surface area contributed by atoms with Gasteiger partial charge in [-0.2, -0.15) is 5.26 Å². The number of hydrogen-bond donors (Lipinski definition) is 3. The van der Waals surface area contributed by atoms with E-state index in [9.17, 15) is 19.2 Å². The van der Waals surface area contributed by atoms with Crippen molar-refractivity contribution >= 4 is 23.6 Å². The third kappa shape index (κ3) is 5.20. The van der Waals surface area contributed by atoms with Gasteiger partial charge in [-0.1, -0.05) is 0 Å². The molecule has 0 spiro atoms. The Morgan fingerprint density at radius 3 is 2.44 bits per heavy atom. The molecule has 0 radical (unpaired) electrons. The number of piperazine rings is 1. The van der Waals surface area contributed by atoms with E-state index in [-0.39, 0.29) is 36.7 Å². The van der Waals surface area contributed by atoms with E-state index >= 15 is 0 Å². The van der Waals surface area contributed by atoms with Gasteiger partial charge in [0.1, 0.15) is 12.1 Å². The van der Waals surface area contributed by atoms with Gasteiger partial charge in [-0.05, 0) is 63.0 Å². The number of nitrogens with one attached hydrogen (secondary N) is 3. The van der Waals surface area contributed by atoms with Crippen LogP contribution in [0.4, 0.5) is 0 Å². The standard InChI is InChI=1S/C24H30N6O4/c25-14-16-3-5-17(6-4-16)23(33)29-12-13-30(24(34)18-7-10-26-11-8-18)20(15-29)22(32)28-19-2-1-9-27-21(19)31/h3-6,18-20,26H,1-2,7-13,15H2,(H,27,31)(H,28,32)/t19-,20+/m1/s1. The van der Waals surface area contributed by atoms with Gasteiger partial charge in [0.2, 0.25) is 17.7 Å². The predicted octanol–water partition coefficient (Wildman–Crippen LogP) is -0.394. The van der Waals surface area contributed by atoms with E-state index in [1.807, 2.05) is 6.07 Å². The van der Waals surface area contributed by atoms with Gasteiger partial charge in [-0.15, -0.1) is 0 Å². The highest BCUT2D eigenvalue weighted by atomic mass is 16.2. The van der Waals surface area contributed by atoms with Gasteiger partial charge in [0.05, 0.1) is 18.2 Å². The van der Waals surface area contributed by atoms with E-state index in [0.29, 0.717) is 43.5 Å². The number of carbonyl (C=O) groups is 4. The zero-order valence-electron chi connectivity index (χ0n) is 19.1. The van der Waals surface area contributed by atoms with Crippen LogP contribution in [-0.4, -0.2) is 84.8 Å². The molecule has 10 heteroatoms. The second-order valence-corrected chi connectivity index (χ2v) is 9.01. The number of benzene rings is 1. The van der Waals surface area contributed by atoms with Crippen LogP contribution in [0, 0.1) is 17.2 Å². The minimum atomic E-state index is -0.867. The average Bonchev–Trinajstić information content (AvgIpc) is 2.89. The fourth-order valence-electron chi connectivity index (χ4n) is 4.81. The van der Waals surface area contributed by atoms with Gasteiger partial charge in [-0.25, -0.2) is 0 Å². The van der Waals surface area contributed by atoms with Crippen LogP contribution in [0.3, 0.4) is 0 Å². The van der Waals surface area contributed by atoms with Crippen LogP contribution in [0.25, 0.3) is 0 Å². The summed E-state index contributed by atoms with van der Waals surface area (Å²) in [5.41, 5.74) is 0.875. The van der Waals surface area contributed by atoms with E-state index in [0.717, 1.165) is 19.5 Å². The summed E-state index contributed by atoms with van der Waals surface area (Å²) in [7, 11) is 0. The Morgan fingerprint density at radius 1 is 1.03 bits per heavy atom. The SMILES string of the molecule is N#Cc1ccc(C(=O)N2CCN(C(=O)C3CCNCC3)[C@H](C(=O)N[C@@H]3CCCNC3=O)C2)cc1. The first-order valence-electron chi connectivity index (χ1n) is 11.9. The first-order valence-corrected chi connectivity index (χ1v) is 11.9. The molecule has 34 heavy (non-hydrogen) atoms. The minimum Gasteiger partial charge on any atom is -0.354 e. The molecule has 1 aromatic rings. The maximum Gasteiger partial charge on any atom is 0.253 e. The van der Waals surface area contributed by atoms with Crippen molar-refractivity contribution in [3.63, 3.8) is 0 Å². The van der Waals surface area contributed by atoms with Crippen molar-refractivity contribution in [2.45, 2.75) is 37.8 Å². The highest BCUT2D eigenvalue weighted by Crippen LogP contribution is 2.21. The molecule has 180 valence electrons. The molecule has 3 fully saturated rings. The summed E-state index contributed by atoms with van der Waals surface area (Å²) in [6.45, 7) is 2.71. The molecule has 0 saturated carbocycles. The van der Waals surface area contributed by atoms with Gasteiger partial charge in [0.15, 0.2) is 0 Å². The lowest BCUT2D eigenvalue weighted by Gasteiger charge is -2.42. The van der Waals surface area contributed by atoms with E-state index in [1.165, 1.54) is 0 Å². The summed E-state index contributed by atoms with van der Waals surface area (Å²) in [5, 5.41) is 17.8. The van der Waals surface area contributed by atoms with Crippen LogP contribution in [0.1, 0.15) is 41.6 Å². The first kappa shape index (κ1) is 23.7.